The molecular weight excluding hydrogens is 321 g/mol. The van der Waals surface area contributed by atoms with E-state index < -0.39 is 9.84 Å². The van der Waals surface area contributed by atoms with Crippen molar-refractivity contribution in [2.75, 3.05) is 42.6 Å². The number of amides is 2. The summed E-state index contributed by atoms with van der Waals surface area (Å²) in [5.41, 5.74) is 0.938. The molecule has 0 radical (unpaired) electrons. The summed E-state index contributed by atoms with van der Waals surface area (Å²) in [6.07, 6.45) is 0.490. The van der Waals surface area contributed by atoms with Gasteiger partial charge in [-0.2, -0.15) is 0 Å². The number of piperazine rings is 1. The van der Waals surface area contributed by atoms with E-state index in [-0.39, 0.29) is 29.4 Å². The van der Waals surface area contributed by atoms with Crippen LogP contribution in [0.5, 0.6) is 0 Å². The third kappa shape index (κ3) is 3.93. The highest BCUT2D eigenvalue weighted by atomic mass is 32.2. The first-order valence-electron chi connectivity index (χ1n) is 7.69. The molecular formula is C15H20FN3O3S. The number of urea groups is 1. The Morgan fingerprint density at radius 3 is 2.35 bits per heavy atom. The van der Waals surface area contributed by atoms with Gasteiger partial charge in [-0.3, -0.25) is 0 Å². The van der Waals surface area contributed by atoms with Crippen LogP contribution in [0.3, 0.4) is 0 Å². The van der Waals surface area contributed by atoms with Gasteiger partial charge in [-0.15, -0.1) is 0 Å². The van der Waals surface area contributed by atoms with Crippen LogP contribution in [0, 0.1) is 5.82 Å². The Hall–Kier alpha value is -1.83. The van der Waals surface area contributed by atoms with Crippen molar-refractivity contribution in [3.05, 3.63) is 30.1 Å². The standard InChI is InChI=1S/C15H20FN3O3S/c16-12-1-3-14(4-2-12)18-6-8-19(9-7-18)15(20)17-13-5-10-23(21,22)11-13/h1-4,13H,5-11H2,(H,17,20). The van der Waals surface area contributed by atoms with Crippen molar-refractivity contribution >= 4 is 21.6 Å². The summed E-state index contributed by atoms with van der Waals surface area (Å²) < 4.78 is 35.8. The molecule has 3 rings (SSSR count). The van der Waals surface area contributed by atoms with E-state index in [9.17, 15) is 17.6 Å². The van der Waals surface area contributed by atoms with Gasteiger partial charge in [0.05, 0.1) is 11.5 Å². The van der Waals surface area contributed by atoms with Gasteiger partial charge in [0.2, 0.25) is 0 Å². The number of nitrogens with one attached hydrogen (secondary N) is 1. The first-order chi connectivity index (χ1) is 10.9. The lowest BCUT2D eigenvalue weighted by Crippen LogP contribution is -2.53. The number of sulfone groups is 1. The molecule has 2 fully saturated rings. The maximum atomic E-state index is 12.9. The van der Waals surface area contributed by atoms with Crippen LogP contribution in [0.15, 0.2) is 24.3 Å². The van der Waals surface area contributed by atoms with E-state index in [1.165, 1.54) is 12.1 Å². The average Bonchev–Trinajstić information content (AvgIpc) is 2.87. The van der Waals surface area contributed by atoms with Crippen LogP contribution in [0.4, 0.5) is 14.9 Å². The van der Waals surface area contributed by atoms with Crippen molar-refractivity contribution in [3.63, 3.8) is 0 Å². The lowest BCUT2D eigenvalue weighted by molar-refractivity contribution is 0.191. The monoisotopic (exact) mass is 341 g/mol. The van der Waals surface area contributed by atoms with Crippen molar-refractivity contribution in [2.24, 2.45) is 0 Å². The molecule has 2 heterocycles. The molecule has 1 N–H and O–H groups in total. The minimum atomic E-state index is -2.99. The van der Waals surface area contributed by atoms with Crippen molar-refractivity contribution in [1.82, 2.24) is 10.2 Å². The minimum Gasteiger partial charge on any atom is -0.368 e. The normalized spacial score (nSPS) is 23.8. The lowest BCUT2D eigenvalue weighted by atomic mass is 10.2. The molecule has 2 aliphatic rings. The number of benzene rings is 1. The highest BCUT2D eigenvalue weighted by molar-refractivity contribution is 7.91. The van der Waals surface area contributed by atoms with Crippen LogP contribution >= 0.6 is 0 Å². The molecule has 23 heavy (non-hydrogen) atoms. The Kier molecular flexibility index (Phi) is 4.43. The Balaban J connectivity index is 1.50. The minimum absolute atomic E-state index is 0.0360. The summed E-state index contributed by atoms with van der Waals surface area (Å²) in [4.78, 5) is 16.0. The fraction of sp³-hybridized carbons (Fsp3) is 0.533. The number of carbonyl (C=O) groups is 1. The first-order valence-corrected chi connectivity index (χ1v) is 9.51. The van der Waals surface area contributed by atoms with E-state index >= 15 is 0 Å². The highest BCUT2D eigenvalue weighted by Gasteiger charge is 2.30. The van der Waals surface area contributed by atoms with Crippen LogP contribution in [-0.4, -0.2) is 63.1 Å². The number of hydrogen-bond donors (Lipinski definition) is 1. The molecule has 0 bridgehead atoms. The highest BCUT2D eigenvalue weighted by Crippen LogP contribution is 2.17. The van der Waals surface area contributed by atoms with E-state index in [2.05, 4.69) is 10.2 Å². The maximum absolute atomic E-state index is 12.9. The van der Waals surface area contributed by atoms with Crippen LogP contribution in [0.1, 0.15) is 6.42 Å². The van der Waals surface area contributed by atoms with Gasteiger partial charge in [-0.05, 0) is 30.7 Å². The largest absolute Gasteiger partial charge is 0.368 e. The molecule has 0 aliphatic carbocycles. The average molecular weight is 341 g/mol. The van der Waals surface area contributed by atoms with Crippen molar-refractivity contribution < 1.29 is 17.6 Å². The molecule has 1 unspecified atom stereocenters. The first kappa shape index (κ1) is 16.0. The molecule has 1 aromatic rings. The summed E-state index contributed by atoms with van der Waals surface area (Å²) in [6, 6.07) is 5.83. The van der Waals surface area contributed by atoms with Crippen LogP contribution < -0.4 is 10.2 Å². The van der Waals surface area contributed by atoms with Crippen LogP contribution in [0.25, 0.3) is 0 Å². The summed E-state index contributed by atoms with van der Waals surface area (Å²) >= 11 is 0. The molecule has 0 aromatic heterocycles. The number of carbonyl (C=O) groups excluding carboxylic acids is 1. The molecule has 126 valence electrons. The van der Waals surface area contributed by atoms with Gasteiger partial charge in [0.15, 0.2) is 9.84 Å². The van der Waals surface area contributed by atoms with E-state index in [1.807, 2.05) is 0 Å². The van der Waals surface area contributed by atoms with Crippen molar-refractivity contribution in [1.29, 1.82) is 0 Å². The molecule has 8 heteroatoms. The molecule has 2 aliphatic heterocycles. The predicted molar refractivity (Wildman–Crippen MR) is 85.8 cm³/mol. The van der Waals surface area contributed by atoms with Gasteiger partial charge in [0, 0.05) is 37.9 Å². The third-order valence-electron chi connectivity index (χ3n) is 4.32. The van der Waals surface area contributed by atoms with Gasteiger partial charge in [0.25, 0.3) is 0 Å². The molecule has 1 atom stereocenters. The fourth-order valence-corrected chi connectivity index (χ4v) is 4.67. The van der Waals surface area contributed by atoms with E-state index in [1.54, 1.807) is 17.0 Å². The lowest BCUT2D eigenvalue weighted by Gasteiger charge is -2.36. The van der Waals surface area contributed by atoms with Gasteiger partial charge < -0.3 is 15.1 Å². The van der Waals surface area contributed by atoms with Gasteiger partial charge >= 0.3 is 6.03 Å². The topological polar surface area (TPSA) is 69.7 Å². The Bertz CT molecular complexity index is 670. The summed E-state index contributed by atoms with van der Waals surface area (Å²) in [5.74, 6) is -0.0804. The SMILES string of the molecule is O=C(NC1CCS(=O)(=O)C1)N1CCN(c2ccc(F)cc2)CC1. The molecule has 0 spiro atoms. The van der Waals surface area contributed by atoms with Gasteiger partial charge in [-0.1, -0.05) is 0 Å². The number of anilines is 1. The zero-order valence-electron chi connectivity index (χ0n) is 12.7. The van der Waals surface area contributed by atoms with E-state index in [0.29, 0.717) is 32.6 Å². The summed E-state index contributed by atoms with van der Waals surface area (Å²) in [6.45, 7) is 2.45. The van der Waals surface area contributed by atoms with Crippen LogP contribution in [0.2, 0.25) is 0 Å². The number of halogens is 1. The second-order valence-corrected chi connectivity index (χ2v) is 8.23. The fourth-order valence-electron chi connectivity index (χ4n) is 2.99. The molecule has 0 saturated carbocycles. The second-order valence-electron chi connectivity index (χ2n) is 6.00. The Morgan fingerprint density at radius 2 is 1.78 bits per heavy atom. The molecule has 2 saturated heterocycles. The number of rotatable bonds is 2. The number of hydrogen-bond acceptors (Lipinski definition) is 4. The van der Waals surface area contributed by atoms with E-state index in [0.717, 1.165) is 5.69 Å². The Labute approximate surface area is 135 Å². The van der Waals surface area contributed by atoms with Crippen LogP contribution in [-0.2, 0) is 9.84 Å². The zero-order valence-corrected chi connectivity index (χ0v) is 13.6. The number of nitrogens with zero attached hydrogens (tertiary/aromatic N) is 2. The quantitative estimate of drug-likeness (QED) is 0.866. The molecule has 6 nitrogen and oxygen atoms in total. The smallest absolute Gasteiger partial charge is 0.317 e. The van der Waals surface area contributed by atoms with Crippen molar-refractivity contribution in [2.45, 2.75) is 12.5 Å². The van der Waals surface area contributed by atoms with E-state index in [4.69, 9.17) is 0 Å². The van der Waals surface area contributed by atoms with Gasteiger partial charge in [0.1, 0.15) is 5.82 Å². The van der Waals surface area contributed by atoms with Gasteiger partial charge in [-0.25, -0.2) is 17.6 Å². The maximum Gasteiger partial charge on any atom is 0.317 e. The predicted octanol–water partition coefficient (Wildman–Crippen LogP) is 0.844. The van der Waals surface area contributed by atoms with Crippen molar-refractivity contribution in [3.8, 4) is 0 Å². The second kappa shape index (κ2) is 6.35. The Morgan fingerprint density at radius 1 is 1.13 bits per heavy atom. The third-order valence-corrected chi connectivity index (χ3v) is 6.09. The molecule has 1 aromatic carbocycles. The zero-order chi connectivity index (χ0) is 16.4. The summed E-state index contributed by atoms with van der Waals surface area (Å²) in [5, 5.41) is 2.81. The summed E-state index contributed by atoms with van der Waals surface area (Å²) in [7, 11) is -2.99. The molecule has 2 amide bonds.